The number of hydrogen-bond acceptors (Lipinski definition) is 8. The number of benzene rings is 1. The van der Waals surface area contributed by atoms with Crippen molar-refractivity contribution in [1.82, 2.24) is 35.1 Å². The Morgan fingerprint density at radius 3 is 2.47 bits per heavy atom. The number of amides is 1. The van der Waals surface area contributed by atoms with Gasteiger partial charge in [-0.25, -0.2) is 24.3 Å². The van der Waals surface area contributed by atoms with Crippen LogP contribution in [0.15, 0.2) is 49.2 Å². The van der Waals surface area contributed by atoms with Crippen LogP contribution in [0.5, 0.6) is 0 Å². The van der Waals surface area contributed by atoms with Crippen LogP contribution in [0.1, 0.15) is 54.4 Å². The molecule has 1 aliphatic rings. The number of pyridine rings is 1. The van der Waals surface area contributed by atoms with Crippen LogP contribution in [0.3, 0.4) is 0 Å². The molecule has 0 radical (unpaired) electrons. The van der Waals surface area contributed by atoms with E-state index in [9.17, 15) is 22.4 Å². The van der Waals surface area contributed by atoms with E-state index in [0.717, 1.165) is 17.3 Å². The van der Waals surface area contributed by atoms with Crippen LogP contribution in [0.25, 0.3) is 22.2 Å². The Hall–Kier alpha value is -4.26. The molecule has 2 N–H and O–H groups in total. The van der Waals surface area contributed by atoms with Crippen molar-refractivity contribution in [2.45, 2.75) is 45.2 Å². The van der Waals surface area contributed by atoms with Gasteiger partial charge in [0.25, 0.3) is 5.91 Å². The van der Waals surface area contributed by atoms with E-state index in [-0.39, 0.29) is 23.3 Å². The number of halogens is 4. The summed E-state index contributed by atoms with van der Waals surface area (Å²) in [5.41, 5.74) is 2.88. The molecule has 2 atom stereocenters. The highest BCUT2D eigenvalue weighted by Gasteiger charge is 2.32. The predicted molar refractivity (Wildman–Crippen MR) is 163 cm³/mol. The molecule has 3 aromatic heterocycles. The van der Waals surface area contributed by atoms with E-state index >= 15 is 0 Å². The van der Waals surface area contributed by atoms with E-state index in [2.05, 4.69) is 49.4 Å². The number of rotatable bonds is 10. The van der Waals surface area contributed by atoms with Crippen LogP contribution in [-0.4, -0.2) is 75.1 Å². The average Bonchev–Trinajstić information content (AvgIpc) is 3.03. The number of carbonyl (C=O) groups is 1. The lowest BCUT2D eigenvalue weighted by Crippen LogP contribution is -2.40. The first-order valence-electron chi connectivity index (χ1n) is 15.0. The molecule has 1 saturated heterocycles. The Bertz CT molecular complexity index is 1620. The number of anilines is 1. The normalized spacial score (nSPS) is 16.0. The summed E-state index contributed by atoms with van der Waals surface area (Å²) in [7, 11) is 1.47. The summed E-state index contributed by atoms with van der Waals surface area (Å²) in [6.07, 6.45) is 3.81. The van der Waals surface area contributed by atoms with Gasteiger partial charge in [0.2, 0.25) is 0 Å². The summed E-state index contributed by atoms with van der Waals surface area (Å²) in [5, 5.41) is 6.34. The van der Waals surface area contributed by atoms with Crippen LogP contribution in [-0.2, 0) is 6.42 Å². The molecule has 4 aromatic rings. The molecule has 238 valence electrons. The van der Waals surface area contributed by atoms with Crippen LogP contribution in [0.2, 0.25) is 0 Å². The second kappa shape index (κ2) is 13.8. The van der Waals surface area contributed by atoms with E-state index in [4.69, 9.17) is 0 Å². The number of carbonyl (C=O) groups excluding carboxylic acids is 1. The van der Waals surface area contributed by atoms with Crippen molar-refractivity contribution in [1.29, 1.82) is 0 Å². The lowest BCUT2D eigenvalue weighted by Gasteiger charge is -2.32. The van der Waals surface area contributed by atoms with Gasteiger partial charge in [-0.15, -0.1) is 0 Å². The van der Waals surface area contributed by atoms with Crippen LogP contribution < -0.4 is 10.6 Å². The van der Waals surface area contributed by atoms with Crippen molar-refractivity contribution >= 4 is 22.6 Å². The number of likely N-dealkylation sites (tertiary alicyclic amines) is 1. The Morgan fingerprint density at radius 2 is 1.78 bits per heavy atom. The maximum atomic E-state index is 14.5. The molecule has 1 aromatic carbocycles. The Kier molecular flexibility index (Phi) is 9.86. The van der Waals surface area contributed by atoms with Gasteiger partial charge < -0.3 is 10.6 Å². The number of hydrogen-bond donors (Lipinski definition) is 2. The number of nitrogens with one attached hydrogen (secondary N) is 2. The lowest BCUT2D eigenvalue weighted by atomic mass is 9.87. The second-order valence-electron chi connectivity index (χ2n) is 11.7. The van der Waals surface area contributed by atoms with Crippen molar-refractivity contribution in [3.63, 3.8) is 0 Å². The molecule has 1 amide bonds. The maximum absolute atomic E-state index is 14.5. The molecule has 0 spiro atoms. The summed E-state index contributed by atoms with van der Waals surface area (Å²) in [4.78, 5) is 35.9. The number of para-hydroxylation sites is 1. The fourth-order valence-electron chi connectivity index (χ4n) is 5.76. The van der Waals surface area contributed by atoms with E-state index < -0.39 is 24.4 Å². The van der Waals surface area contributed by atoms with Crippen LogP contribution in [0.4, 0.5) is 23.4 Å². The highest BCUT2D eigenvalue weighted by Crippen LogP contribution is 2.32. The quantitative estimate of drug-likeness (QED) is 0.218. The molecule has 4 heterocycles. The van der Waals surface area contributed by atoms with Gasteiger partial charge in [0.1, 0.15) is 18.0 Å². The fourth-order valence-corrected chi connectivity index (χ4v) is 5.76. The topological polar surface area (TPSA) is 109 Å². The van der Waals surface area contributed by atoms with E-state index in [1.807, 2.05) is 18.2 Å². The minimum Gasteiger partial charge on any atom is -0.370 e. The van der Waals surface area contributed by atoms with Crippen LogP contribution >= 0.6 is 0 Å². The van der Waals surface area contributed by atoms with Gasteiger partial charge in [0.15, 0.2) is 5.82 Å². The highest BCUT2D eigenvalue weighted by atomic mass is 19.4. The number of nitrogens with zero attached hydrogens (tertiary/aromatic N) is 6. The average molecular weight is 625 g/mol. The molecule has 5 rings (SSSR count). The van der Waals surface area contributed by atoms with E-state index in [0.29, 0.717) is 67.1 Å². The molecular formula is C32H36F4N8O. The van der Waals surface area contributed by atoms with Gasteiger partial charge in [-0.1, -0.05) is 32.0 Å². The first-order valence-corrected chi connectivity index (χ1v) is 15.0. The summed E-state index contributed by atoms with van der Waals surface area (Å²) in [6, 6.07) is 7.29. The Morgan fingerprint density at radius 1 is 1.04 bits per heavy atom. The minimum absolute atomic E-state index is 0.0157. The van der Waals surface area contributed by atoms with Gasteiger partial charge in [-0.3, -0.25) is 14.7 Å². The van der Waals surface area contributed by atoms with Crippen LogP contribution in [0, 0.1) is 17.7 Å². The smallest absolute Gasteiger partial charge is 0.370 e. The molecule has 0 saturated carbocycles. The monoisotopic (exact) mass is 624 g/mol. The number of aromatic nitrogens is 5. The summed E-state index contributed by atoms with van der Waals surface area (Å²) < 4.78 is 52.5. The van der Waals surface area contributed by atoms with Gasteiger partial charge in [-0.2, -0.15) is 13.2 Å². The first kappa shape index (κ1) is 32.1. The van der Waals surface area contributed by atoms with Crippen molar-refractivity contribution in [2.75, 3.05) is 38.5 Å². The molecule has 0 bridgehead atoms. The Labute approximate surface area is 258 Å². The van der Waals surface area contributed by atoms with E-state index in [1.165, 1.54) is 18.3 Å². The van der Waals surface area contributed by atoms with Gasteiger partial charge in [0.05, 0.1) is 29.5 Å². The van der Waals surface area contributed by atoms with Gasteiger partial charge in [-0.05, 0) is 49.2 Å². The number of alkyl halides is 3. The Balaban J connectivity index is 1.19. The predicted octanol–water partition coefficient (Wildman–Crippen LogP) is 5.65. The third-order valence-corrected chi connectivity index (χ3v) is 8.54. The lowest BCUT2D eigenvalue weighted by molar-refractivity contribution is -0.148. The standard InChI is InChI=1S/C32H36F4N8O/c1-19(20(2)23-5-4-6-24-29(31(45)37-3)25(33)16-41-30(23)24)13-38-28-12-26(42-18-43-28)22-14-39-27(40-15-22)11-21-7-9-44(10-8-21)17-32(34,35)36/h4-6,12,14-16,18-21H,7-11,13,17H2,1-3H3,(H,37,45)(H,38,42,43)/t19-,20?/m1/s1. The number of piperidine rings is 1. The largest absolute Gasteiger partial charge is 0.401 e. The third kappa shape index (κ3) is 7.88. The molecule has 0 aliphatic carbocycles. The fraction of sp³-hybridized carbons (Fsp3) is 0.438. The summed E-state index contributed by atoms with van der Waals surface area (Å²) in [6.45, 7) is 4.73. The molecule has 9 nitrogen and oxygen atoms in total. The summed E-state index contributed by atoms with van der Waals surface area (Å²) >= 11 is 0. The van der Waals surface area contributed by atoms with Gasteiger partial charge >= 0.3 is 6.18 Å². The molecule has 1 aliphatic heterocycles. The van der Waals surface area contributed by atoms with Crippen molar-refractivity contribution < 1.29 is 22.4 Å². The second-order valence-corrected chi connectivity index (χ2v) is 11.7. The summed E-state index contributed by atoms with van der Waals surface area (Å²) in [5.74, 6) is 0.531. The molecule has 1 fully saturated rings. The highest BCUT2D eigenvalue weighted by molar-refractivity contribution is 6.06. The molecule has 45 heavy (non-hydrogen) atoms. The van der Waals surface area contributed by atoms with E-state index in [1.54, 1.807) is 18.5 Å². The first-order chi connectivity index (χ1) is 21.5. The van der Waals surface area contributed by atoms with Crippen molar-refractivity contribution in [3.8, 4) is 11.3 Å². The molecule has 13 heteroatoms. The molecule has 1 unspecified atom stereocenters. The van der Waals surface area contributed by atoms with Crippen molar-refractivity contribution in [3.05, 3.63) is 72.0 Å². The van der Waals surface area contributed by atoms with Gasteiger partial charge in [0, 0.05) is 49.4 Å². The SMILES string of the molecule is CNC(=O)c1c(F)cnc2c(C(C)[C@H](C)CNc3cc(-c4cnc(CC5CCN(CC(F)(F)F)CC5)nc4)ncn3)cccc12. The molecular weight excluding hydrogens is 588 g/mol. The minimum atomic E-state index is -4.17. The zero-order valence-electron chi connectivity index (χ0n) is 25.4. The zero-order chi connectivity index (χ0) is 32.1. The number of fused-ring (bicyclic) bond motifs is 1. The van der Waals surface area contributed by atoms with Crippen molar-refractivity contribution in [2.24, 2.45) is 11.8 Å². The third-order valence-electron chi connectivity index (χ3n) is 8.54. The zero-order valence-corrected chi connectivity index (χ0v) is 25.4. The maximum Gasteiger partial charge on any atom is 0.401 e.